The number of sulfonamides is 1. The Balaban J connectivity index is 2.33. The van der Waals surface area contributed by atoms with Gasteiger partial charge >= 0.3 is 0 Å². The maximum atomic E-state index is 13.3. The molecule has 0 N–H and O–H groups in total. The standard InChI is InChI=1S/C16H17BrFNO3S/c1-3-19(11-12-5-4-6-13(18)9-12)23(20,21)14-7-8-16(22-2)15(17)10-14/h4-10H,3,11H2,1-2H3. The molecular weight excluding hydrogens is 385 g/mol. The highest BCUT2D eigenvalue weighted by Gasteiger charge is 2.24. The molecule has 0 amide bonds. The molecule has 0 heterocycles. The SMILES string of the molecule is CCN(Cc1cccc(F)c1)S(=O)(=O)c1ccc(OC)c(Br)c1. The molecule has 0 bridgehead atoms. The highest BCUT2D eigenvalue weighted by atomic mass is 79.9. The van der Waals surface area contributed by atoms with E-state index in [9.17, 15) is 12.8 Å². The minimum Gasteiger partial charge on any atom is -0.496 e. The van der Waals surface area contributed by atoms with E-state index in [4.69, 9.17) is 4.74 Å². The molecule has 7 heteroatoms. The monoisotopic (exact) mass is 401 g/mol. The lowest BCUT2D eigenvalue weighted by Gasteiger charge is -2.21. The second kappa shape index (κ2) is 7.42. The highest BCUT2D eigenvalue weighted by Crippen LogP contribution is 2.29. The number of nitrogens with zero attached hydrogens (tertiary/aromatic N) is 1. The van der Waals surface area contributed by atoms with E-state index in [0.29, 0.717) is 15.8 Å². The predicted molar refractivity (Wildman–Crippen MR) is 90.4 cm³/mol. The zero-order valence-corrected chi connectivity index (χ0v) is 15.2. The van der Waals surface area contributed by atoms with Gasteiger partial charge in [-0.25, -0.2) is 12.8 Å². The topological polar surface area (TPSA) is 46.6 Å². The first kappa shape index (κ1) is 17.9. The lowest BCUT2D eigenvalue weighted by molar-refractivity contribution is 0.410. The van der Waals surface area contributed by atoms with Crippen molar-refractivity contribution in [1.29, 1.82) is 0 Å². The Kier molecular flexibility index (Phi) is 5.78. The van der Waals surface area contributed by atoms with Crippen LogP contribution in [0, 0.1) is 5.82 Å². The van der Waals surface area contributed by atoms with Gasteiger partial charge in [-0.05, 0) is 51.8 Å². The number of hydrogen-bond donors (Lipinski definition) is 0. The first-order valence-corrected chi connectivity index (χ1v) is 9.20. The van der Waals surface area contributed by atoms with Crippen molar-refractivity contribution in [2.24, 2.45) is 0 Å². The molecule has 0 aliphatic heterocycles. The molecule has 124 valence electrons. The fourth-order valence-electron chi connectivity index (χ4n) is 2.16. The van der Waals surface area contributed by atoms with Gasteiger partial charge < -0.3 is 4.74 Å². The molecule has 23 heavy (non-hydrogen) atoms. The van der Waals surface area contributed by atoms with E-state index < -0.39 is 10.0 Å². The lowest BCUT2D eigenvalue weighted by atomic mass is 10.2. The van der Waals surface area contributed by atoms with Crippen LogP contribution in [0.2, 0.25) is 0 Å². The third-order valence-electron chi connectivity index (χ3n) is 3.36. The molecule has 0 aromatic heterocycles. The van der Waals surface area contributed by atoms with Crippen molar-refractivity contribution in [1.82, 2.24) is 4.31 Å². The van der Waals surface area contributed by atoms with Crippen LogP contribution in [0.15, 0.2) is 51.8 Å². The van der Waals surface area contributed by atoms with E-state index in [1.54, 1.807) is 25.1 Å². The Labute approximate surface area is 144 Å². The van der Waals surface area contributed by atoms with Crippen LogP contribution in [0.1, 0.15) is 12.5 Å². The lowest BCUT2D eigenvalue weighted by Crippen LogP contribution is -2.30. The smallest absolute Gasteiger partial charge is 0.243 e. The molecule has 4 nitrogen and oxygen atoms in total. The average molecular weight is 402 g/mol. The van der Waals surface area contributed by atoms with Gasteiger partial charge in [0.1, 0.15) is 11.6 Å². The van der Waals surface area contributed by atoms with Crippen molar-refractivity contribution < 1.29 is 17.5 Å². The molecule has 2 aromatic rings. The number of methoxy groups -OCH3 is 1. The number of rotatable bonds is 6. The Hall–Kier alpha value is -1.44. The van der Waals surface area contributed by atoms with Gasteiger partial charge in [-0.2, -0.15) is 4.31 Å². The molecule has 0 saturated carbocycles. The van der Waals surface area contributed by atoms with E-state index in [1.807, 2.05) is 0 Å². The molecule has 0 aliphatic carbocycles. The summed E-state index contributed by atoms with van der Waals surface area (Å²) in [5.74, 6) is 0.167. The molecular formula is C16H17BrFNO3S. The maximum Gasteiger partial charge on any atom is 0.243 e. The number of ether oxygens (including phenoxy) is 1. The van der Waals surface area contributed by atoms with Crippen LogP contribution in [0.25, 0.3) is 0 Å². The average Bonchev–Trinajstić information content (AvgIpc) is 2.52. The molecule has 0 aliphatic rings. The summed E-state index contributed by atoms with van der Waals surface area (Å²) in [6, 6.07) is 10.5. The van der Waals surface area contributed by atoms with Crippen LogP contribution in [-0.4, -0.2) is 26.4 Å². The Morgan fingerprint density at radius 3 is 2.52 bits per heavy atom. The van der Waals surface area contributed by atoms with E-state index >= 15 is 0 Å². The normalized spacial score (nSPS) is 11.7. The summed E-state index contributed by atoms with van der Waals surface area (Å²) in [4.78, 5) is 0.156. The Bertz CT molecular complexity index is 796. The number of hydrogen-bond acceptors (Lipinski definition) is 3. The summed E-state index contributed by atoms with van der Waals surface area (Å²) >= 11 is 3.29. The van der Waals surface area contributed by atoms with Crippen LogP contribution in [0.4, 0.5) is 4.39 Å². The van der Waals surface area contributed by atoms with Crippen molar-refractivity contribution in [2.75, 3.05) is 13.7 Å². The minimum atomic E-state index is -3.68. The van der Waals surface area contributed by atoms with Gasteiger partial charge in [0.05, 0.1) is 16.5 Å². The van der Waals surface area contributed by atoms with Crippen molar-refractivity contribution in [3.8, 4) is 5.75 Å². The van der Waals surface area contributed by atoms with Crippen molar-refractivity contribution in [2.45, 2.75) is 18.4 Å². The second-order valence-corrected chi connectivity index (χ2v) is 7.65. The van der Waals surface area contributed by atoms with Crippen LogP contribution >= 0.6 is 15.9 Å². The number of benzene rings is 2. The minimum absolute atomic E-state index is 0.111. The Morgan fingerprint density at radius 1 is 1.22 bits per heavy atom. The predicted octanol–water partition coefficient (Wildman–Crippen LogP) is 3.81. The second-order valence-electron chi connectivity index (χ2n) is 4.86. The fraction of sp³-hybridized carbons (Fsp3) is 0.250. The number of halogens is 2. The molecule has 0 atom stereocenters. The van der Waals surface area contributed by atoms with E-state index in [-0.39, 0.29) is 23.8 Å². The van der Waals surface area contributed by atoms with Crippen LogP contribution in [-0.2, 0) is 16.6 Å². The molecule has 2 rings (SSSR count). The summed E-state index contributed by atoms with van der Waals surface area (Å²) in [7, 11) is -2.17. The van der Waals surface area contributed by atoms with Gasteiger partial charge in [0.25, 0.3) is 0 Å². The molecule has 0 fully saturated rings. The van der Waals surface area contributed by atoms with E-state index in [2.05, 4.69) is 15.9 Å². The van der Waals surface area contributed by atoms with Crippen LogP contribution < -0.4 is 4.74 Å². The summed E-state index contributed by atoms with van der Waals surface area (Å²) < 4.78 is 45.8. The Morgan fingerprint density at radius 2 is 1.96 bits per heavy atom. The largest absolute Gasteiger partial charge is 0.496 e. The first-order chi connectivity index (χ1) is 10.9. The zero-order chi connectivity index (χ0) is 17.0. The first-order valence-electron chi connectivity index (χ1n) is 6.96. The summed E-state index contributed by atoms with van der Waals surface area (Å²) in [5.41, 5.74) is 0.600. The highest BCUT2D eigenvalue weighted by molar-refractivity contribution is 9.10. The third-order valence-corrected chi connectivity index (χ3v) is 5.90. The molecule has 0 spiro atoms. The molecule has 0 saturated heterocycles. The fourth-order valence-corrected chi connectivity index (χ4v) is 4.32. The molecule has 0 radical (unpaired) electrons. The van der Waals surface area contributed by atoms with Gasteiger partial charge in [-0.1, -0.05) is 19.1 Å². The quantitative estimate of drug-likeness (QED) is 0.739. The van der Waals surface area contributed by atoms with E-state index in [1.165, 1.54) is 35.7 Å². The van der Waals surface area contributed by atoms with Crippen molar-refractivity contribution >= 4 is 26.0 Å². The van der Waals surface area contributed by atoms with Crippen molar-refractivity contribution in [3.63, 3.8) is 0 Å². The van der Waals surface area contributed by atoms with Crippen LogP contribution in [0.5, 0.6) is 5.75 Å². The third kappa shape index (κ3) is 4.10. The van der Waals surface area contributed by atoms with Gasteiger partial charge in [-0.15, -0.1) is 0 Å². The van der Waals surface area contributed by atoms with E-state index in [0.717, 1.165) is 0 Å². The zero-order valence-electron chi connectivity index (χ0n) is 12.8. The van der Waals surface area contributed by atoms with Crippen LogP contribution in [0.3, 0.4) is 0 Å². The summed E-state index contributed by atoms with van der Waals surface area (Å²) in [6.45, 7) is 2.14. The molecule has 0 unspecified atom stereocenters. The van der Waals surface area contributed by atoms with Gasteiger partial charge in [0.15, 0.2) is 0 Å². The molecule has 2 aromatic carbocycles. The van der Waals surface area contributed by atoms with Gasteiger partial charge in [0.2, 0.25) is 10.0 Å². The van der Waals surface area contributed by atoms with Gasteiger partial charge in [-0.3, -0.25) is 0 Å². The van der Waals surface area contributed by atoms with Gasteiger partial charge in [0, 0.05) is 13.1 Å². The summed E-state index contributed by atoms with van der Waals surface area (Å²) in [5, 5.41) is 0. The maximum absolute atomic E-state index is 13.3. The summed E-state index contributed by atoms with van der Waals surface area (Å²) in [6.07, 6.45) is 0. The van der Waals surface area contributed by atoms with Crippen molar-refractivity contribution in [3.05, 3.63) is 58.3 Å².